The maximum Gasteiger partial charge on any atom is 0.160 e. The highest BCUT2D eigenvalue weighted by Gasteiger charge is 2.19. The number of hydrogen-bond donors (Lipinski definition) is 1. The van der Waals surface area contributed by atoms with E-state index in [1.807, 2.05) is 6.07 Å². The van der Waals surface area contributed by atoms with E-state index in [1.165, 1.54) is 31.2 Å². The average molecular weight is 320 g/mol. The molecule has 1 N–H and O–H groups in total. The summed E-state index contributed by atoms with van der Waals surface area (Å²) in [7, 11) is 5.61. The van der Waals surface area contributed by atoms with Gasteiger partial charge in [0.1, 0.15) is 0 Å². The molecular weight excluding hydrogens is 288 g/mol. The van der Waals surface area contributed by atoms with Crippen molar-refractivity contribution < 1.29 is 9.47 Å². The van der Waals surface area contributed by atoms with Gasteiger partial charge in [0.15, 0.2) is 11.5 Å². The Morgan fingerprint density at radius 1 is 1.17 bits per heavy atom. The van der Waals surface area contributed by atoms with Crippen LogP contribution in [0.25, 0.3) is 0 Å². The quantitative estimate of drug-likeness (QED) is 0.758. The number of nitrogens with one attached hydrogen (secondary N) is 1. The number of rotatable bonds is 9. The van der Waals surface area contributed by atoms with Gasteiger partial charge in [-0.15, -0.1) is 0 Å². The molecule has 1 saturated carbocycles. The van der Waals surface area contributed by atoms with E-state index in [0.717, 1.165) is 37.1 Å². The predicted octanol–water partition coefficient (Wildman–Crippen LogP) is 3.10. The first-order valence-electron chi connectivity index (χ1n) is 8.78. The van der Waals surface area contributed by atoms with Crippen molar-refractivity contribution >= 4 is 0 Å². The zero-order chi connectivity index (χ0) is 16.7. The van der Waals surface area contributed by atoms with Gasteiger partial charge < -0.3 is 19.7 Å². The molecule has 1 unspecified atom stereocenters. The third kappa shape index (κ3) is 5.40. The van der Waals surface area contributed by atoms with Crippen LogP contribution in [-0.2, 0) is 6.42 Å². The van der Waals surface area contributed by atoms with Gasteiger partial charge in [-0.3, -0.25) is 0 Å². The highest BCUT2D eigenvalue weighted by atomic mass is 16.5. The lowest BCUT2D eigenvalue weighted by atomic mass is 10.1. The number of hydrogen-bond acceptors (Lipinski definition) is 4. The van der Waals surface area contributed by atoms with Gasteiger partial charge in [0.2, 0.25) is 0 Å². The lowest BCUT2D eigenvalue weighted by Gasteiger charge is -2.25. The maximum atomic E-state index is 5.38. The molecule has 0 aromatic heterocycles. The van der Waals surface area contributed by atoms with E-state index in [9.17, 15) is 0 Å². The summed E-state index contributed by atoms with van der Waals surface area (Å²) in [4.78, 5) is 2.52. The largest absolute Gasteiger partial charge is 0.493 e. The zero-order valence-corrected chi connectivity index (χ0v) is 15.1. The molecule has 1 aromatic carbocycles. The van der Waals surface area contributed by atoms with Crippen LogP contribution in [0.15, 0.2) is 18.2 Å². The molecule has 23 heavy (non-hydrogen) atoms. The van der Waals surface area contributed by atoms with Crippen LogP contribution >= 0.6 is 0 Å². The summed E-state index contributed by atoms with van der Waals surface area (Å²) in [6.07, 6.45) is 6.54. The normalized spacial score (nSPS) is 16.7. The second kappa shape index (κ2) is 9.14. The minimum absolute atomic E-state index is 0.449. The van der Waals surface area contributed by atoms with Gasteiger partial charge in [0.25, 0.3) is 0 Å². The minimum atomic E-state index is 0.449. The topological polar surface area (TPSA) is 33.7 Å². The van der Waals surface area contributed by atoms with Crippen LogP contribution in [0.5, 0.6) is 11.5 Å². The molecule has 0 bridgehead atoms. The molecule has 1 aliphatic rings. The minimum Gasteiger partial charge on any atom is -0.493 e. The Kier molecular flexibility index (Phi) is 7.18. The molecule has 1 aliphatic carbocycles. The van der Waals surface area contributed by atoms with E-state index in [0.29, 0.717) is 6.04 Å². The van der Waals surface area contributed by atoms with Gasteiger partial charge in [-0.05, 0) is 50.9 Å². The lowest BCUT2D eigenvalue weighted by molar-refractivity contribution is 0.242. The Labute approximate surface area is 141 Å². The summed E-state index contributed by atoms with van der Waals surface area (Å²) in [6.45, 7) is 4.41. The first-order chi connectivity index (χ1) is 11.1. The van der Waals surface area contributed by atoms with Crippen LogP contribution in [0, 0.1) is 0 Å². The van der Waals surface area contributed by atoms with E-state index < -0.39 is 0 Å². The van der Waals surface area contributed by atoms with Crippen molar-refractivity contribution in [3.8, 4) is 11.5 Å². The van der Waals surface area contributed by atoms with Crippen molar-refractivity contribution in [1.82, 2.24) is 10.2 Å². The summed E-state index contributed by atoms with van der Waals surface area (Å²) in [5.41, 5.74) is 1.27. The van der Waals surface area contributed by atoms with Gasteiger partial charge in [-0.25, -0.2) is 0 Å². The third-order valence-electron chi connectivity index (χ3n) is 4.90. The maximum absolute atomic E-state index is 5.38. The van der Waals surface area contributed by atoms with E-state index in [4.69, 9.17) is 9.47 Å². The number of ether oxygens (including phenoxy) is 2. The molecule has 0 aliphatic heterocycles. The van der Waals surface area contributed by atoms with Crippen LogP contribution in [0.3, 0.4) is 0 Å². The second-order valence-electron chi connectivity index (χ2n) is 6.67. The van der Waals surface area contributed by atoms with Crippen LogP contribution in [0.2, 0.25) is 0 Å². The van der Waals surface area contributed by atoms with Crippen molar-refractivity contribution in [1.29, 1.82) is 0 Å². The Balaban J connectivity index is 1.74. The van der Waals surface area contributed by atoms with Crippen LogP contribution in [0.1, 0.15) is 38.2 Å². The van der Waals surface area contributed by atoms with Crippen molar-refractivity contribution in [3.63, 3.8) is 0 Å². The van der Waals surface area contributed by atoms with Crippen LogP contribution in [0.4, 0.5) is 0 Å². The van der Waals surface area contributed by atoms with Crippen molar-refractivity contribution in [2.24, 2.45) is 0 Å². The van der Waals surface area contributed by atoms with Crippen LogP contribution in [-0.4, -0.2) is 51.3 Å². The van der Waals surface area contributed by atoms with Gasteiger partial charge >= 0.3 is 0 Å². The Morgan fingerprint density at radius 2 is 1.87 bits per heavy atom. The summed E-state index contributed by atoms with van der Waals surface area (Å²) >= 11 is 0. The molecule has 2 rings (SSSR count). The Hall–Kier alpha value is -1.26. The van der Waals surface area contributed by atoms with Gasteiger partial charge in [-0.1, -0.05) is 18.9 Å². The van der Waals surface area contributed by atoms with Gasteiger partial charge in [-0.2, -0.15) is 0 Å². The summed E-state index contributed by atoms with van der Waals surface area (Å²) in [5.74, 6) is 1.59. The molecule has 1 aromatic rings. The van der Waals surface area contributed by atoms with E-state index in [-0.39, 0.29) is 0 Å². The highest BCUT2D eigenvalue weighted by molar-refractivity contribution is 5.43. The molecule has 1 atom stereocenters. The smallest absolute Gasteiger partial charge is 0.160 e. The van der Waals surface area contributed by atoms with E-state index >= 15 is 0 Å². The lowest BCUT2D eigenvalue weighted by Crippen LogP contribution is -2.38. The summed E-state index contributed by atoms with van der Waals surface area (Å²) in [5, 5.41) is 3.64. The zero-order valence-electron chi connectivity index (χ0n) is 15.1. The summed E-state index contributed by atoms with van der Waals surface area (Å²) < 4.78 is 10.7. The van der Waals surface area contributed by atoms with Gasteiger partial charge in [0, 0.05) is 25.2 Å². The number of nitrogens with zero attached hydrogens (tertiary/aromatic N) is 1. The van der Waals surface area contributed by atoms with Gasteiger partial charge in [0.05, 0.1) is 14.2 Å². The van der Waals surface area contributed by atoms with Crippen molar-refractivity contribution in [2.75, 3.05) is 34.4 Å². The first kappa shape index (κ1) is 18.1. The fourth-order valence-electron chi connectivity index (χ4n) is 3.45. The molecule has 4 nitrogen and oxygen atoms in total. The summed E-state index contributed by atoms with van der Waals surface area (Å²) in [6, 6.07) is 7.42. The number of likely N-dealkylation sites (N-methyl/N-ethyl adjacent to an activating group) is 1. The van der Waals surface area contributed by atoms with Crippen molar-refractivity contribution in [3.05, 3.63) is 23.8 Å². The van der Waals surface area contributed by atoms with E-state index in [1.54, 1.807) is 14.2 Å². The number of benzene rings is 1. The Bertz CT molecular complexity index is 472. The molecular formula is C19H32N2O2. The molecule has 0 spiro atoms. The Morgan fingerprint density at radius 3 is 2.52 bits per heavy atom. The standard InChI is InChI=1S/C19H32N2O2/c1-15(20-11-12-21(2)17-7-5-6-8-17)13-16-9-10-18(22-3)19(14-16)23-4/h9-10,14-15,17,20H,5-8,11-13H2,1-4H3. The molecule has 130 valence electrons. The van der Waals surface area contributed by atoms with Crippen molar-refractivity contribution in [2.45, 2.75) is 51.1 Å². The molecule has 0 heterocycles. The van der Waals surface area contributed by atoms with E-state index in [2.05, 4.69) is 36.3 Å². The molecule has 4 heteroatoms. The predicted molar refractivity (Wildman–Crippen MR) is 95.6 cm³/mol. The average Bonchev–Trinajstić information content (AvgIpc) is 3.09. The second-order valence-corrected chi connectivity index (χ2v) is 6.67. The monoisotopic (exact) mass is 320 g/mol. The highest BCUT2D eigenvalue weighted by Crippen LogP contribution is 2.28. The fourth-order valence-corrected chi connectivity index (χ4v) is 3.45. The van der Waals surface area contributed by atoms with Crippen LogP contribution < -0.4 is 14.8 Å². The molecule has 0 saturated heterocycles. The fraction of sp³-hybridized carbons (Fsp3) is 0.684. The number of methoxy groups -OCH3 is 2. The molecule has 0 radical (unpaired) electrons. The third-order valence-corrected chi connectivity index (χ3v) is 4.90. The first-order valence-corrected chi connectivity index (χ1v) is 8.78. The molecule has 0 amide bonds. The molecule has 1 fully saturated rings. The SMILES string of the molecule is COc1ccc(CC(C)NCCN(C)C2CCCC2)cc1OC.